The van der Waals surface area contributed by atoms with Gasteiger partial charge in [-0.1, -0.05) is 70.6 Å². The third-order valence-corrected chi connectivity index (χ3v) is 6.32. The van der Waals surface area contributed by atoms with Gasteiger partial charge in [0.2, 0.25) is 0 Å². The van der Waals surface area contributed by atoms with Crippen molar-refractivity contribution in [2.45, 2.75) is 133 Å². The van der Waals surface area contributed by atoms with E-state index in [-0.39, 0.29) is 12.5 Å². The van der Waals surface area contributed by atoms with Gasteiger partial charge >= 0.3 is 23.9 Å². The Kier molecular flexibility index (Phi) is 14.3. The van der Waals surface area contributed by atoms with E-state index in [9.17, 15) is 39.5 Å². The van der Waals surface area contributed by atoms with Gasteiger partial charge in [-0.2, -0.15) is 39.5 Å². The average Bonchev–Trinajstić information content (AvgIpc) is 3.28. The quantitative estimate of drug-likeness (QED) is 0.115. The molecule has 0 aromatic carbocycles. The van der Waals surface area contributed by atoms with Crippen molar-refractivity contribution in [3.63, 3.8) is 0 Å². The second kappa shape index (κ2) is 15.5. The van der Waals surface area contributed by atoms with Gasteiger partial charge in [-0.3, -0.25) is 0 Å². The van der Waals surface area contributed by atoms with Gasteiger partial charge in [-0.25, -0.2) is 0 Å². The Balaban J connectivity index is 1.93. The smallest absolute Gasteiger partial charge is 0.379 e. The molecule has 210 valence electrons. The maximum absolute atomic E-state index is 13.4. The molecule has 1 rings (SSSR count). The number of ether oxygens (including phenoxy) is 2. The summed E-state index contributed by atoms with van der Waals surface area (Å²) >= 11 is 0. The Morgan fingerprint density at radius 3 is 1.49 bits per heavy atom. The molecular formula is C24H39F9O2. The standard InChI is InChI=1S/C24H39F9O2/c25-21(26,22(27,28)23(29,30)24(31,32)33)16-12-10-8-6-4-2-1-3-5-7-9-11-13-17-34-19-20-15-14-18-35-20/h20H,1-19H2. The average molecular weight is 531 g/mol. The number of unbranched alkanes of at least 4 members (excludes halogenated alkanes) is 12. The first-order chi connectivity index (χ1) is 16.3. The Bertz CT molecular complexity index is 548. The Morgan fingerprint density at radius 1 is 0.600 bits per heavy atom. The zero-order chi connectivity index (χ0) is 26.4. The van der Waals surface area contributed by atoms with E-state index in [1.54, 1.807) is 0 Å². The molecule has 1 unspecified atom stereocenters. The normalized spacial score (nSPS) is 17.9. The highest BCUT2D eigenvalue weighted by Gasteiger charge is 2.81. The summed E-state index contributed by atoms with van der Waals surface area (Å²) in [6, 6.07) is 0. The Labute approximate surface area is 202 Å². The molecule has 0 aromatic rings. The Hall–Kier alpha value is -0.710. The van der Waals surface area contributed by atoms with E-state index in [1.807, 2.05) is 0 Å². The fourth-order valence-corrected chi connectivity index (χ4v) is 4.05. The van der Waals surface area contributed by atoms with Crippen LogP contribution in [-0.4, -0.2) is 49.9 Å². The van der Waals surface area contributed by atoms with Crippen LogP contribution in [0.1, 0.15) is 103 Å². The molecule has 0 aliphatic carbocycles. The number of hydrogen-bond donors (Lipinski definition) is 0. The van der Waals surface area contributed by atoms with E-state index in [2.05, 4.69) is 0 Å². The van der Waals surface area contributed by atoms with E-state index in [0.29, 0.717) is 19.4 Å². The SMILES string of the molecule is FC(F)(F)C(F)(F)C(F)(F)C(F)(F)CCCCCCCCCCCCCCCOCC1CCCO1. The van der Waals surface area contributed by atoms with Gasteiger partial charge < -0.3 is 9.47 Å². The molecule has 1 saturated heterocycles. The predicted octanol–water partition coefficient (Wildman–Crippen LogP) is 9.11. The van der Waals surface area contributed by atoms with Gasteiger partial charge in [0.05, 0.1) is 12.7 Å². The number of alkyl halides is 9. The lowest BCUT2D eigenvalue weighted by Crippen LogP contribution is -2.60. The topological polar surface area (TPSA) is 18.5 Å². The molecule has 0 bridgehead atoms. The second-order valence-corrected chi connectivity index (χ2v) is 9.41. The molecule has 1 fully saturated rings. The van der Waals surface area contributed by atoms with E-state index in [4.69, 9.17) is 9.47 Å². The van der Waals surface area contributed by atoms with Crippen molar-refractivity contribution in [1.82, 2.24) is 0 Å². The molecule has 0 aromatic heterocycles. The van der Waals surface area contributed by atoms with Gasteiger partial charge in [0.1, 0.15) is 0 Å². The molecular weight excluding hydrogens is 491 g/mol. The molecule has 11 heteroatoms. The van der Waals surface area contributed by atoms with Gasteiger partial charge in [-0.15, -0.1) is 0 Å². The third-order valence-electron chi connectivity index (χ3n) is 6.32. The van der Waals surface area contributed by atoms with E-state index >= 15 is 0 Å². The van der Waals surface area contributed by atoms with Crippen molar-refractivity contribution in [2.75, 3.05) is 19.8 Å². The molecule has 0 spiro atoms. The van der Waals surface area contributed by atoms with Gasteiger partial charge in [0.25, 0.3) is 0 Å². The summed E-state index contributed by atoms with van der Waals surface area (Å²) in [5.41, 5.74) is 0. The molecule has 0 radical (unpaired) electrons. The summed E-state index contributed by atoms with van der Waals surface area (Å²) in [6.07, 6.45) is 4.13. The third kappa shape index (κ3) is 11.1. The first kappa shape index (κ1) is 32.3. The van der Waals surface area contributed by atoms with Gasteiger partial charge in [-0.05, 0) is 25.7 Å². The molecule has 2 nitrogen and oxygen atoms in total. The fourth-order valence-electron chi connectivity index (χ4n) is 4.05. The number of rotatable bonds is 20. The largest absolute Gasteiger partial charge is 0.460 e. The molecule has 0 N–H and O–H groups in total. The zero-order valence-electron chi connectivity index (χ0n) is 20.2. The summed E-state index contributed by atoms with van der Waals surface area (Å²) in [5, 5.41) is 0. The highest BCUT2D eigenvalue weighted by atomic mass is 19.4. The van der Waals surface area contributed by atoms with Crippen molar-refractivity contribution >= 4 is 0 Å². The molecule has 1 aliphatic heterocycles. The van der Waals surface area contributed by atoms with Crippen LogP contribution in [-0.2, 0) is 9.47 Å². The van der Waals surface area contributed by atoms with Crippen LogP contribution in [0.2, 0.25) is 0 Å². The zero-order valence-corrected chi connectivity index (χ0v) is 20.2. The summed E-state index contributed by atoms with van der Waals surface area (Å²) in [7, 11) is 0. The van der Waals surface area contributed by atoms with Crippen LogP contribution in [0.4, 0.5) is 39.5 Å². The first-order valence-electron chi connectivity index (χ1n) is 12.7. The van der Waals surface area contributed by atoms with Crippen molar-refractivity contribution in [2.24, 2.45) is 0 Å². The highest BCUT2D eigenvalue weighted by molar-refractivity contribution is 5.00. The molecule has 1 aliphatic rings. The van der Waals surface area contributed by atoms with Crippen molar-refractivity contribution in [3.8, 4) is 0 Å². The monoisotopic (exact) mass is 530 g/mol. The lowest BCUT2D eigenvalue weighted by Gasteiger charge is -2.33. The van der Waals surface area contributed by atoms with Crippen LogP contribution in [0.25, 0.3) is 0 Å². The lowest BCUT2D eigenvalue weighted by molar-refractivity contribution is -0.396. The van der Waals surface area contributed by atoms with Crippen molar-refractivity contribution in [3.05, 3.63) is 0 Å². The highest BCUT2D eigenvalue weighted by Crippen LogP contribution is 2.54. The van der Waals surface area contributed by atoms with Crippen molar-refractivity contribution < 1.29 is 49.0 Å². The number of halogens is 9. The summed E-state index contributed by atoms with van der Waals surface area (Å²) in [6.45, 7) is 2.28. The first-order valence-corrected chi connectivity index (χ1v) is 12.7. The molecule has 0 saturated carbocycles. The van der Waals surface area contributed by atoms with E-state index in [1.165, 1.54) is 0 Å². The molecule has 1 atom stereocenters. The summed E-state index contributed by atoms with van der Waals surface area (Å²) < 4.78 is 126. The van der Waals surface area contributed by atoms with E-state index < -0.39 is 36.8 Å². The maximum Gasteiger partial charge on any atom is 0.460 e. The van der Waals surface area contributed by atoms with Gasteiger partial charge in [0.15, 0.2) is 0 Å². The van der Waals surface area contributed by atoms with Crippen molar-refractivity contribution in [1.29, 1.82) is 0 Å². The van der Waals surface area contributed by atoms with Crippen LogP contribution in [0.3, 0.4) is 0 Å². The van der Waals surface area contributed by atoms with Crippen LogP contribution >= 0.6 is 0 Å². The molecule has 1 heterocycles. The minimum atomic E-state index is -6.79. The van der Waals surface area contributed by atoms with Crippen LogP contribution in [0, 0.1) is 0 Å². The summed E-state index contributed by atoms with van der Waals surface area (Å²) in [5.74, 6) is -18.7. The van der Waals surface area contributed by atoms with Crippen LogP contribution in [0.15, 0.2) is 0 Å². The molecule has 0 amide bonds. The van der Waals surface area contributed by atoms with Crippen LogP contribution in [0.5, 0.6) is 0 Å². The fraction of sp³-hybridized carbons (Fsp3) is 1.00. The summed E-state index contributed by atoms with van der Waals surface area (Å²) in [4.78, 5) is 0. The van der Waals surface area contributed by atoms with Crippen LogP contribution < -0.4 is 0 Å². The van der Waals surface area contributed by atoms with E-state index in [0.717, 1.165) is 83.8 Å². The predicted molar refractivity (Wildman–Crippen MR) is 115 cm³/mol. The Morgan fingerprint density at radius 2 is 1.06 bits per heavy atom. The lowest BCUT2D eigenvalue weighted by atomic mass is 9.97. The van der Waals surface area contributed by atoms with Gasteiger partial charge in [0, 0.05) is 19.6 Å². The maximum atomic E-state index is 13.4. The second-order valence-electron chi connectivity index (χ2n) is 9.41. The molecule has 35 heavy (non-hydrogen) atoms. The number of hydrogen-bond acceptors (Lipinski definition) is 2. The minimum absolute atomic E-state index is 0.0701. The minimum Gasteiger partial charge on any atom is -0.379 e.